The van der Waals surface area contributed by atoms with Crippen LogP contribution in [0.5, 0.6) is 0 Å². The summed E-state index contributed by atoms with van der Waals surface area (Å²) in [5.74, 6) is 2.29. The molecule has 0 amide bonds. The summed E-state index contributed by atoms with van der Waals surface area (Å²) in [5.41, 5.74) is 2.22. The monoisotopic (exact) mass is 488 g/mol. The van der Waals surface area contributed by atoms with Gasteiger partial charge in [-0.3, -0.25) is 4.68 Å². The van der Waals surface area contributed by atoms with E-state index in [-0.39, 0.29) is 29.4 Å². The van der Waals surface area contributed by atoms with Gasteiger partial charge in [0, 0.05) is 30.7 Å². The van der Waals surface area contributed by atoms with Crippen molar-refractivity contribution in [2.45, 2.75) is 66.5 Å². The quantitative estimate of drug-likeness (QED) is 0.270. The molecule has 2 rings (SSSR count). The van der Waals surface area contributed by atoms with Gasteiger partial charge in [0.05, 0.1) is 11.9 Å². The SMILES string of the molecule is CCNC(=NCc1ncc(C(C)(C)C)o1)NCCCn1nc(C)cc1C.I. The molecule has 0 aliphatic carbocycles. The van der Waals surface area contributed by atoms with E-state index in [1.54, 1.807) is 6.20 Å². The van der Waals surface area contributed by atoms with Gasteiger partial charge in [-0.15, -0.1) is 24.0 Å². The molecule has 0 atom stereocenters. The van der Waals surface area contributed by atoms with Gasteiger partial charge in [-0.25, -0.2) is 9.98 Å². The lowest BCUT2D eigenvalue weighted by Crippen LogP contribution is -2.38. The largest absolute Gasteiger partial charge is 0.443 e. The van der Waals surface area contributed by atoms with E-state index in [0.29, 0.717) is 12.4 Å². The molecule has 0 unspecified atom stereocenters. The molecule has 0 radical (unpaired) electrons. The zero-order valence-electron chi connectivity index (χ0n) is 17.3. The Morgan fingerprint density at radius 3 is 2.56 bits per heavy atom. The number of guanidine groups is 1. The summed E-state index contributed by atoms with van der Waals surface area (Å²) >= 11 is 0. The van der Waals surface area contributed by atoms with Crippen LogP contribution in [0, 0.1) is 13.8 Å². The first-order valence-corrected chi connectivity index (χ1v) is 9.28. The first kappa shape index (κ1) is 23.5. The average Bonchev–Trinajstić information content (AvgIpc) is 3.15. The molecule has 0 fully saturated rings. The summed E-state index contributed by atoms with van der Waals surface area (Å²) in [6.45, 7) is 15.4. The van der Waals surface area contributed by atoms with Crippen molar-refractivity contribution in [3.05, 3.63) is 35.3 Å². The number of aryl methyl sites for hydroxylation is 3. The molecule has 0 aliphatic rings. The van der Waals surface area contributed by atoms with Crippen molar-refractivity contribution in [1.82, 2.24) is 25.4 Å². The van der Waals surface area contributed by atoms with Gasteiger partial charge < -0.3 is 15.1 Å². The number of nitrogens with zero attached hydrogens (tertiary/aromatic N) is 4. The Morgan fingerprint density at radius 2 is 2.00 bits per heavy atom. The number of aliphatic imine (C=N–C) groups is 1. The highest BCUT2D eigenvalue weighted by molar-refractivity contribution is 14.0. The number of halogens is 1. The zero-order chi connectivity index (χ0) is 19.2. The van der Waals surface area contributed by atoms with Crippen LogP contribution in [0.2, 0.25) is 0 Å². The third kappa shape index (κ3) is 7.51. The third-order valence-corrected chi connectivity index (χ3v) is 3.95. The van der Waals surface area contributed by atoms with Gasteiger partial charge >= 0.3 is 0 Å². The van der Waals surface area contributed by atoms with Crippen molar-refractivity contribution in [2.24, 2.45) is 4.99 Å². The molecule has 8 heteroatoms. The number of hydrogen-bond donors (Lipinski definition) is 2. The van der Waals surface area contributed by atoms with Gasteiger partial charge in [0.1, 0.15) is 12.3 Å². The highest BCUT2D eigenvalue weighted by atomic mass is 127. The normalized spacial score (nSPS) is 12.0. The Hall–Kier alpha value is -1.58. The van der Waals surface area contributed by atoms with Crippen molar-refractivity contribution < 1.29 is 4.42 Å². The van der Waals surface area contributed by atoms with Gasteiger partial charge in [0.25, 0.3) is 0 Å². The second-order valence-electron chi connectivity index (χ2n) is 7.49. The summed E-state index contributed by atoms with van der Waals surface area (Å²) in [5, 5.41) is 11.1. The van der Waals surface area contributed by atoms with Gasteiger partial charge in [0.15, 0.2) is 5.96 Å². The second kappa shape index (κ2) is 10.7. The summed E-state index contributed by atoms with van der Waals surface area (Å²) in [7, 11) is 0. The average molecular weight is 488 g/mol. The number of oxazole rings is 1. The van der Waals surface area contributed by atoms with Gasteiger partial charge in [-0.2, -0.15) is 5.10 Å². The Kier molecular flexibility index (Phi) is 9.28. The molecular formula is C19H33IN6O. The standard InChI is InChI=1S/C19H32N6O.HI/c1-7-20-18(21-9-8-10-25-15(3)11-14(2)24-25)23-13-17-22-12-16(26-17)19(4,5)6;/h11-12H,7-10,13H2,1-6H3,(H2,20,21,23);1H. The van der Waals surface area contributed by atoms with Crippen LogP contribution in [-0.2, 0) is 18.5 Å². The highest BCUT2D eigenvalue weighted by Gasteiger charge is 2.19. The smallest absolute Gasteiger partial charge is 0.216 e. The molecule has 27 heavy (non-hydrogen) atoms. The van der Waals surface area contributed by atoms with Gasteiger partial charge in [-0.1, -0.05) is 20.8 Å². The predicted molar refractivity (Wildman–Crippen MR) is 120 cm³/mol. The van der Waals surface area contributed by atoms with E-state index >= 15 is 0 Å². The molecule has 2 heterocycles. The molecule has 0 aromatic carbocycles. The van der Waals surface area contributed by atoms with E-state index in [0.717, 1.165) is 43.5 Å². The van der Waals surface area contributed by atoms with Crippen LogP contribution in [0.3, 0.4) is 0 Å². The van der Waals surface area contributed by atoms with Gasteiger partial charge in [-0.05, 0) is 33.3 Å². The fraction of sp³-hybridized carbons (Fsp3) is 0.632. The fourth-order valence-corrected chi connectivity index (χ4v) is 2.56. The zero-order valence-corrected chi connectivity index (χ0v) is 19.6. The minimum absolute atomic E-state index is 0. The fourth-order valence-electron chi connectivity index (χ4n) is 2.56. The lowest BCUT2D eigenvalue weighted by Gasteiger charge is -2.13. The van der Waals surface area contributed by atoms with E-state index < -0.39 is 0 Å². The van der Waals surface area contributed by atoms with E-state index in [1.807, 2.05) is 11.6 Å². The topological polar surface area (TPSA) is 80.3 Å². The highest BCUT2D eigenvalue weighted by Crippen LogP contribution is 2.22. The molecule has 0 aliphatic heterocycles. The number of rotatable bonds is 7. The van der Waals surface area contributed by atoms with Crippen molar-refractivity contribution in [3.8, 4) is 0 Å². The van der Waals surface area contributed by atoms with Crippen molar-refractivity contribution in [2.75, 3.05) is 13.1 Å². The summed E-state index contributed by atoms with van der Waals surface area (Å²) in [6, 6.07) is 2.10. The van der Waals surface area contributed by atoms with E-state index in [9.17, 15) is 0 Å². The molecule has 152 valence electrons. The Bertz CT molecular complexity index is 729. The number of hydrogen-bond acceptors (Lipinski definition) is 4. The lowest BCUT2D eigenvalue weighted by atomic mass is 9.94. The van der Waals surface area contributed by atoms with Crippen LogP contribution in [0.25, 0.3) is 0 Å². The lowest BCUT2D eigenvalue weighted by molar-refractivity contribution is 0.383. The van der Waals surface area contributed by atoms with Crippen LogP contribution < -0.4 is 10.6 Å². The van der Waals surface area contributed by atoms with E-state index in [2.05, 4.69) is 66.4 Å². The van der Waals surface area contributed by atoms with Crippen LogP contribution in [0.1, 0.15) is 57.2 Å². The van der Waals surface area contributed by atoms with Crippen molar-refractivity contribution in [1.29, 1.82) is 0 Å². The van der Waals surface area contributed by atoms with Crippen LogP contribution >= 0.6 is 24.0 Å². The van der Waals surface area contributed by atoms with Crippen LogP contribution in [-0.4, -0.2) is 33.8 Å². The molecule has 0 saturated heterocycles. The maximum atomic E-state index is 5.79. The third-order valence-electron chi connectivity index (χ3n) is 3.95. The molecule has 0 bridgehead atoms. The first-order valence-electron chi connectivity index (χ1n) is 9.28. The Morgan fingerprint density at radius 1 is 1.26 bits per heavy atom. The van der Waals surface area contributed by atoms with Crippen molar-refractivity contribution >= 4 is 29.9 Å². The minimum atomic E-state index is -0.0410. The Labute approximate surface area is 179 Å². The summed E-state index contributed by atoms with van der Waals surface area (Å²) in [4.78, 5) is 8.88. The Balaban J connectivity index is 0.00000364. The van der Waals surface area contributed by atoms with E-state index in [4.69, 9.17) is 4.42 Å². The molecule has 7 nitrogen and oxygen atoms in total. The van der Waals surface area contributed by atoms with Gasteiger partial charge in [0.2, 0.25) is 5.89 Å². The van der Waals surface area contributed by atoms with Crippen LogP contribution in [0.15, 0.2) is 21.7 Å². The summed E-state index contributed by atoms with van der Waals surface area (Å²) < 4.78 is 7.83. The molecule has 2 N–H and O–H groups in total. The maximum absolute atomic E-state index is 5.79. The molecule has 2 aromatic rings. The molecule has 2 aromatic heterocycles. The number of nitrogens with one attached hydrogen (secondary N) is 2. The second-order valence-corrected chi connectivity index (χ2v) is 7.49. The van der Waals surface area contributed by atoms with Crippen molar-refractivity contribution in [3.63, 3.8) is 0 Å². The summed E-state index contributed by atoms with van der Waals surface area (Å²) in [6.07, 6.45) is 2.76. The molecular weight excluding hydrogens is 455 g/mol. The number of aromatic nitrogens is 3. The first-order chi connectivity index (χ1) is 12.3. The maximum Gasteiger partial charge on any atom is 0.216 e. The van der Waals surface area contributed by atoms with Crippen LogP contribution in [0.4, 0.5) is 0 Å². The van der Waals surface area contributed by atoms with E-state index in [1.165, 1.54) is 5.69 Å². The molecule has 0 saturated carbocycles. The molecule has 0 spiro atoms. The predicted octanol–water partition coefficient (Wildman–Crippen LogP) is 3.55. The minimum Gasteiger partial charge on any atom is -0.443 e.